The van der Waals surface area contributed by atoms with Crippen LogP contribution in [0, 0.1) is 0 Å². The van der Waals surface area contributed by atoms with Crippen molar-refractivity contribution in [1.82, 2.24) is 0 Å². The average molecular weight is 792 g/mol. The second-order valence-electron chi connectivity index (χ2n) is 15.7. The molecule has 11 rings (SSSR count). The number of para-hydroxylation sites is 1. The summed E-state index contributed by atoms with van der Waals surface area (Å²) in [7, 11) is 0. The van der Waals surface area contributed by atoms with Gasteiger partial charge in [-0.15, -0.1) is 0 Å². The van der Waals surface area contributed by atoms with Crippen molar-refractivity contribution in [1.29, 1.82) is 0 Å². The molecule has 0 atom stereocenters. The normalized spacial score (nSPS) is 11.2. The number of hydrogen-bond acceptors (Lipinski definition) is 2. The molecule has 10 aromatic carbocycles. The zero-order valence-electron chi connectivity index (χ0n) is 34.0. The first-order chi connectivity index (χ1) is 30.7. The van der Waals surface area contributed by atoms with Gasteiger partial charge in [0, 0.05) is 33.6 Å². The molecule has 0 aliphatic rings. The smallest absolute Gasteiger partial charge is 0.143 e. The number of nitrogens with zero attached hydrogens (tertiary/aromatic N) is 1. The monoisotopic (exact) mass is 791 g/mol. The maximum atomic E-state index is 6.55. The predicted molar refractivity (Wildman–Crippen MR) is 261 cm³/mol. The first kappa shape index (κ1) is 36.8. The van der Waals surface area contributed by atoms with Crippen LogP contribution in [-0.2, 0) is 0 Å². The summed E-state index contributed by atoms with van der Waals surface area (Å²) in [5.74, 6) is 0.887. The zero-order chi connectivity index (χ0) is 41.2. The Bertz CT molecular complexity index is 3290. The highest BCUT2D eigenvalue weighted by atomic mass is 16.3. The van der Waals surface area contributed by atoms with Crippen LogP contribution in [0.3, 0.4) is 0 Å². The van der Waals surface area contributed by atoms with Gasteiger partial charge in [0.2, 0.25) is 0 Å². The van der Waals surface area contributed by atoms with Gasteiger partial charge >= 0.3 is 0 Å². The van der Waals surface area contributed by atoms with Gasteiger partial charge in [-0.1, -0.05) is 200 Å². The van der Waals surface area contributed by atoms with Crippen LogP contribution >= 0.6 is 0 Å². The highest BCUT2D eigenvalue weighted by Gasteiger charge is 2.18. The average Bonchev–Trinajstić information content (AvgIpc) is 3.75. The molecule has 292 valence electrons. The molecule has 11 aromatic rings. The van der Waals surface area contributed by atoms with Crippen molar-refractivity contribution < 1.29 is 4.42 Å². The molecule has 0 bridgehead atoms. The molecule has 0 aliphatic heterocycles. The van der Waals surface area contributed by atoms with Crippen LogP contribution in [0.2, 0.25) is 0 Å². The summed E-state index contributed by atoms with van der Waals surface area (Å²) in [6, 6.07) is 88.9. The Morgan fingerprint density at radius 2 is 0.677 bits per heavy atom. The second-order valence-corrected chi connectivity index (χ2v) is 15.7. The number of anilines is 3. The lowest BCUT2D eigenvalue weighted by Gasteiger charge is -2.26. The quantitative estimate of drug-likeness (QED) is 0.145. The fraction of sp³-hybridized carbons (Fsp3) is 0. The Balaban J connectivity index is 0.882. The van der Waals surface area contributed by atoms with Gasteiger partial charge < -0.3 is 9.32 Å². The molecule has 0 unspecified atom stereocenters. The molecular weight excluding hydrogens is 751 g/mol. The van der Waals surface area contributed by atoms with Crippen molar-refractivity contribution in [2.24, 2.45) is 0 Å². The maximum absolute atomic E-state index is 6.55. The van der Waals surface area contributed by atoms with E-state index in [9.17, 15) is 0 Å². The molecule has 62 heavy (non-hydrogen) atoms. The number of hydrogen-bond donors (Lipinski definition) is 0. The highest BCUT2D eigenvalue weighted by molar-refractivity contribution is 6.02. The van der Waals surface area contributed by atoms with E-state index in [1.807, 2.05) is 12.1 Å². The minimum Gasteiger partial charge on any atom is -0.455 e. The lowest BCUT2D eigenvalue weighted by molar-refractivity contribution is 0.632. The number of rotatable bonds is 9. The van der Waals surface area contributed by atoms with Gasteiger partial charge in [0.25, 0.3) is 0 Å². The van der Waals surface area contributed by atoms with Crippen molar-refractivity contribution in [3.63, 3.8) is 0 Å². The van der Waals surface area contributed by atoms with E-state index in [1.54, 1.807) is 0 Å². The standard InChI is InChI=1S/C60H41NO/c1-3-12-42(13-4-1)44-22-24-45(25-23-44)47-30-35-54(36-31-47)61(56-39-34-43-14-7-8-17-52(43)41-56)55-37-32-48(33-38-55)46-26-28-49(29-27-46)51-18-11-19-53(40-51)60-59(50-15-5-2-6-16-50)57-20-9-10-21-58(57)62-60/h1-41H. The molecule has 0 saturated carbocycles. The third-order valence-electron chi connectivity index (χ3n) is 11.9. The molecule has 2 nitrogen and oxygen atoms in total. The lowest BCUT2D eigenvalue weighted by Crippen LogP contribution is -2.09. The largest absolute Gasteiger partial charge is 0.455 e. The van der Waals surface area contributed by atoms with Gasteiger partial charge in [0.1, 0.15) is 11.3 Å². The SMILES string of the molecule is c1ccc(-c2ccc(-c3ccc(N(c4ccc(-c5ccc(-c6cccc(-c7oc8ccccc8c7-c7ccccc7)c6)cc5)cc4)c4ccc5ccccc5c4)cc3)cc2)cc1. The Morgan fingerprint density at radius 1 is 0.258 bits per heavy atom. The van der Waals surface area contributed by atoms with Crippen LogP contribution in [0.5, 0.6) is 0 Å². The number of fused-ring (bicyclic) bond motifs is 2. The highest BCUT2D eigenvalue weighted by Crippen LogP contribution is 2.42. The van der Waals surface area contributed by atoms with E-state index in [4.69, 9.17) is 4.42 Å². The van der Waals surface area contributed by atoms with Gasteiger partial charge in [0.15, 0.2) is 0 Å². The van der Waals surface area contributed by atoms with E-state index in [-0.39, 0.29) is 0 Å². The second kappa shape index (κ2) is 16.1. The van der Waals surface area contributed by atoms with E-state index in [0.29, 0.717) is 0 Å². The summed E-state index contributed by atoms with van der Waals surface area (Å²) in [6.45, 7) is 0. The van der Waals surface area contributed by atoms with Gasteiger partial charge in [0.05, 0.1) is 0 Å². The molecule has 0 N–H and O–H groups in total. The topological polar surface area (TPSA) is 16.4 Å². The molecule has 0 spiro atoms. The molecule has 0 fully saturated rings. The fourth-order valence-corrected chi connectivity index (χ4v) is 8.69. The van der Waals surface area contributed by atoms with Crippen LogP contribution in [0.4, 0.5) is 17.1 Å². The summed E-state index contributed by atoms with van der Waals surface area (Å²) in [5, 5.41) is 3.55. The first-order valence-corrected chi connectivity index (χ1v) is 21.2. The molecule has 0 radical (unpaired) electrons. The van der Waals surface area contributed by atoms with Crippen molar-refractivity contribution in [2.75, 3.05) is 4.90 Å². The summed E-state index contributed by atoms with van der Waals surface area (Å²) >= 11 is 0. The van der Waals surface area contributed by atoms with E-state index < -0.39 is 0 Å². The fourth-order valence-electron chi connectivity index (χ4n) is 8.69. The van der Waals surface area contributed by atoms with Crippen LogP contribution in [0.15, 0.2) is 253 Å². The van der Waals surface area contributed by atoms with Gasteiger partial charge in [-0.05, 0) is 109 Å². The van der Waals surface area contributed by atoms with Crippen molar-refractivity contribution in [3.8, 4) is 67.0 Å². The van der Waals surface area contributed by atoms with Crippen LogP contribution < -0.4 is 4.90 Å². The summed E-state index contributed by atoms with van der Waals surface area (Å²) in [6.07, 6.45) is 0. The minimum atomic E-state index is 0.887. The minimum absolute atomic E-state index is 0.887. The number of benzene rings is 10. The summed E-state index contributed by atoms with van der Waals surface area (Å²) in [4.78, 5) is 2.35. The van der Waals surface area contributed by atoms with Crippen LogP contribution in [0.1, 0.15) is 0 Å². The third kappa shape index (κ3) is 7.14. The molecule has 1 heterocycles. The summed E-state index contributed by atoms with van der Waals surface area (Å²) < 4.78 is 6.55. The van der Waals surface area contributed by atoms with Gasteiger partial charge in [-0.2, -0.15) is 0 Å². The van der Waals surface area contributed by atoms with Crippen molar-refractivity contribution in [2.45, 2.75) is 0 Å². The lowest BCUT2D eigenvalue weighted by atomic mass is 9.95. The maximum Gasteiger partial charge on any atom is 0.143 e. The van der Waals surface area contributed by atoms with Crippen molar-refractivity contribution >= 4 is 38.8 Å². The van der Waals surface area contributed by atoms with E-state index in [0.717, 1.165) is 67.2 Å². The van der Waals surface area contributed by atoms with Crippen LogP contribution in [-0.4, -0.2) is 0 Å². The van der Waals surface area contributed by atoms with Gasteiger partial charge in [-0.3, -0.25) is 0 Å². The third-order valence-corrected chi connectivity index (χ3v) is 11.9. The van der Waals surface area contributed by atoms with E-state index >= 15 is 0 Å². The predicted octanol–water partition coefficient (Wildman–Crippen LogP) is 17.1. The molecule has 0 saturated heterocycles. The molecule has 2 heteroatoms. The van der Waals surface area contributed by atoms with Crippen molar-refractivity contribution in [3.05, 3.63) is 249 Å². The Labute approximate surface area is 362 Å². The number of furan rings is 1. The molecule has 0 aliphatic carbocycles. The molecule has 1 aromatic heterocycles. The summed E-state index contributed by atoms with van der Waals surface area (Å²) in [5.41, 5.74) is 17.0. The first-order valence-electron chi connectivity index (χ1n) is 21.2. The van der Waals surface area contributed by atoms with E-state index in [1.165, 1.54) is 38.6 Å². The Morgan fingerprint density at radius 3 is 1.27 bits per heavy atom. The molecular formula is C60H41NO. The van der Waals surface area contributed by atoms with Gasteiger partial charge in [-0.25, -0.2) is 0 Å². The van der Waals surface area contributed by atoms with Crippen LogP contribution in [0.25, 0.3) is 88.7 Å². The Hall–Kier alpha value is -8.20. The Kier molecular flexibility index (Phi) is 9.57. The molecule has 0 amide bonds. The zero-order valence-corrected chi connectivity index (χ0v) is 34.0. The van der Waals surface area contributed by atoms with E-state index in [2.05, 4.69) is 241 Å².